The predicted octanol–water partition coefficient (Wildman–Crippen LogP) is 3.51. The molecule has 0 aliphatic carbocycles. The van der Waals surface area contributed by atoms with Gasteiger partial charge >= 0.3 is 5.97 Å². The second-order valence-corrected chi connectivity index (χ2v) is 6.39. The zero-order valence-corrected chi connectivity index (χ0v) is 15.3. The molecular formula is C19H18N2O4S. The number of carbonyl (C=O) groups is 2. The molecule has 0 fully saturated rings. The van der Waals surface area contributed by atoms with Crippen LogP contribution >= 0.6 is 11.3 Å². The smallest absolute Gasteiger partial charge is 0.326 e. The van der Waals surface area contributed by atoms with Gasteiger partial charge in [-0.25, -0.2) is 4.98 Å². The van der Waals surface area contributed by atoms with Crippen molar-refractivity contribution in [2.75, 3.05) is 25.2 Å². The van der Waals surface area contributed by atoms with E-state index >= 15 is 0 Å². The van der Waals surface area contributed by atoms with Gasteiger partial charge in [-0.2, -0.15) is 0 Å². The molecule has 0 N–H and O–H groups in total. The first-order valence-electron chi connectivity index (χ1n) is 8.09. The summed E-state index contributed by atoms with van der Waals surface area (Å²) in [6.45, 7) is 1.84. The number of rotatable bonds is 6. The number of benzene rings is 2. The summed E-state index contributed by atoms with van der Waals surface area (Å²) in [7, 11) is 1.56. The van der Waals surface area contributed by atoms with Crippen LogP contribution in [0, 0.1) is 0 Å². The normalized spacial score (nSPS) is 10.5. The van der Waals surface area contributed by atoms with Crippen molar-refractivity contribution in [3.63, 3.8) is 0 Å². The van der Waals surface area contributed by atoms with E-state index in [9.17, 15) is 9.59 Å². The summed E-state index contributed by atoms with van der Waals surface area (Å²) in [5, 5.41) is 0.538. The van der Waals surface area contributed by atoms with Gasteiger partial charge in [0.15, 0.2) is 0 Å². The summed E-state index contributed by atoms with van der Waals surface area (Å²) in [6.07, 6.45) is 0. The molecule has 3 rings (SSSR count). The third kappa shape index (κ3) is 3.83. The number of methoxy groups -OCH3 is 1. The third-order valence-electron chi connectivity index (χ3n) is 3.70. The molecule has 2 aromatic carbocycles. The topological polar surface area (TPSA) is 68.7 Å². The van der Waals surface area contributed by atoms with E-state index in [-0.39, 0.29) is 19.1 Å². The van der Waals surface area contributed by atoms with Crippen molar-refractivity contribution in [2.45, 2.75) is 6.92 Å². The summed E-state index contributed by atoms with van der Waals surface area (Å²) in [6, 6.07) is 14.3. The Morgan fingerprint density at radius 2 is 1.92 bits per heavy atom. The van der Waals surface area contributed by atoms with Crippen molar-refractivity contribution >= 4 is 39.1 Å². The van der Waals surface area contributed by atoms with Crippen LogP contribution in [0.25, 0.3) is 10.2 Å². The van der Waals surface area contributed by atoms with E-state index in [0.717, 1.165) is 4.70 Å². The molecule has 0 aliphatic heterocycles. The molecule has 134 valence electrons. The summed E-state index contributed by atoms with van der Waals surface area (Å²) >= 11 is 1.41. The molecule has 0 spiro atoms. The van der Waals surface area contributed by atoms with Crippen LogP contribution in [0.4, 0.5) is 5.69 Å². The molecule has 0 unspecified atom stereocenters. The fraction of sp³-hybridized carbons (Fsp3) is 0.211. The Kier molecular flexibility index (Phi) is 5.48. The molecule has 7 heteroatoms. The zero-order valence-electron chi connectivity index (χ0n) is 14.5. The van der Waals surface area contributed by atoms with Crippen LogP contribution in [-0.2, 0) is 9.53 Å². The number of anilines is 1. The number of esters is 1. The molecule has 1 heterocycles. The number of hydrogen-bond acceptors (Lipinski definition) is 6. The minimum Gasteiger partial charge on any atom is -0.473 e. The van der Waals surface area contributed by atoms with Gasteiger partial charge in [0.2, 0.25) is 0 Å². The number of carbonyl (C=O) groups excluding carboxylic acids is 2. The average Bonchev–Trinajstić information content (AvgIpc) is 3.09. The van der Waals surface area contributed by atoms with Gasteiger partial charge < -0.3 is 9.47 Å². The Hall–Kier alpha value is -2.93. The fourth-order valence-corrected chi connectivity index (χ4v) is 3.27. The summed E-state index contributed by atoms with van der Waals surface area (Å²) in [5.74, 6) is -0.751. The number of aromatic nitrogens is 1. The number of para-hydroxylation sites is 1. The molecule has 0 saturated carbocycles. The summed E-state index contributed by atoms with van der Waals surface area (Å²) in [4.78, 5) is 30.8. The van der Waals surface area contributed by atoms with Crippen molar-refractivity contribution in [1.29, 1.82) is 0 Å². The third-order valence-corrected chi connectivity index (χ3v) is 4.69. The number of fused-ring (bicyclic) bond motifs is 1. The maximum Gasteiger partial charge on any atom is 0.326 e. The Labute approximate surface area is 155 Å². The van der Waals surface area contributed by atoms with E-state index in [1.807, 2.05) is 24.3 Å². The van der Waals surface area contributed by atoms with E-state index in [0.29, 0.717) is 22.0 Å². The summed E-state index contributed by atoms with van der Waals surface area (Å²) < 4.78 is 11.1. The van der Waals surface area contributed by atoms with Gasteiger partial charge in [0.25, 0.3) is 11.1 Å². The van der Waals surface area contributed by atoms with Crippen LogP contribution in [0.2, 0.25) is 0 Å². The summed E-state index contributed by atoms with van der Waals surface area (Å²) in [5.41, 5.74) is 1.75. The highest BCUT2D eigenvalue weighted by Gasteiger charge is 2.22. The zero-order chi connectivity index (χ0) is 18.5. The lowest BCUT2D eigenvalue weighted by molar-refractivity contribution is -0.141. The molecule has 1 amide bonds. The minimum absolute atomic E-state index is 0.158. The molecular weight excluding hydrogens is 352 g/mol. The highest BCUT2D eigenvalue weighted by atomic mass is 32.1. The van der Waals surface area contributed by atoms with Gasteiger partial charge in [-0.1, -0.05) is 29.5 Å². The first-order chi connectivity index (χ1) is 12.6. The standard InChI is InChI=1S/C19H18N2O4S/c1-3-25-17(22)12-21(14-7-5-4-6-8-14)18(23)13-9-10-16-15(11-13)20-19(24-2)26-16/h4-11H,3,12H2,1-2H3. The number of nitrogens with zero attached hydrogens (tertiary/aromatic N) is 2. The van der Waals surface area contributed by atoms with Gasteiger partial charge in [-0.05, 0) is 37.3 Å². The lowest BCUT2D eigenvalue weighted by atomic mass is 10.1. The lowest BCUT2D eigenvalue weighted by Gasteiger charge is -2.22. The van der Waals surface area contributed by atoms with Gasteiger partial charge in [-0.3, -0.25) is 14.5 Å². The van der Waals surface area contributed by atoms with Gasteiger partial charge in [0.1, 0.15) is 6.54 Å². The number of thiazole rings is 1. The van der Waals surface area contributed by atoms with E-state index in [1.165, 1.54) is 16.2 Å². The molecule has 0 atom stereocenters. The minimum atomic E-state index is -0.457. The maximum absolute atomic E-state index is 13.1. The molecule has 26 heavy (non-hydrogen) atoms. The van der Waals surface area contributed by atoms with Crippen molar-refractivity contribution in [3.05, 3.63) is 54.1 Å². The molecule has 0 radical (unpaired) electrons. The molecule has 3 aromatic rings. The Morgan fingerprint density at radius 1 is 1.15 bits per heavy atom. The van der Waals surface area contributed by atoms with Gasteiger partial charge in [0.05, 0.1) is 23.9 Å². The quantitative estimate of drug-likeness (QED) is 0.621. The fourth-order valence-electron chi connectivity index (χ4n) is 2.51. The number of ether oxygens (including phenoxy) is 2. The second kappa shape index (κ2) is 7.97. The maximum atomic E-state index is 13.1. The van der Waals surface area contributed by atoms with Crippen LogP contribution < -0.4 is 9.64 Å². The van der Waals surface area contributed by atoms with Gasteiger partial charge in [-0.15, -0.1) is 0 Å². The monoisotopic (exact) mass is 370 g/mol. The van der Waals surface area contributed by atoms with E-state index in [1.54, 1.807) is 38.3 Å². The molecule has 0 bridgehead atoms. The van der Waals surface area contributed by atoms with Crippen LogP contribution in [0.15, 0.2) is 48.5 Å². The van der Waals surface area contributed by atoms with Gasteiger partial charge in [0, 0.05) is 11.3 Å². The second-order valence-electron chi connectivity index (χ2n) is 5.40. The van der Waals surface area contributed by atoms with E-state index in [2.05, 4.69) is 4.98 Å². The first kappa shape index (κ1) is 17.9. The van der Waals surface area contributed by atoms with Crippen molar-refractivity contribution in [2.24, 2.45) is 0 Å². The predicted molar refractivity (Wildman–Crippen MR) is 101 cm³/mol. The van der Waals surface area contributed by atoms with Crippen molar-refractivity contribution in [1.82, 2.24) is 4.98 Å². The number of amides is 1. The highest BCUT2D eigenvalue weighted by molar-refractivity contribution is 7.20. The van der Waals surface area contributed by atoms with E-state index < -0.39 is 5.97 Å². The van der Waals surface area contributed by atoms with Crippen LogP contribution in [0.1, 0.15) is 17.3 Å². The largest absolute Gasteiger partial charge is 0.473 e. The van der Waals surface area contributed by atoms with Crippen molar-refractivity contribution < 1.29 is 19.1 Å². The highest BCUT2D eigenvalue weighted by Crippen LogP contribution is 2.28. The van der Waals surface area contributed by atoms with Crippen molar-refractivity contribution in [3.8, 4) is 5.19 Å². The molecule has 0 aliphatic rings. The van der Waals surface area contributed by atoms with Crippen LogP contribution in [0.5, 0.6) is 5.19 Å². The molecule has 1 aromatic heterocycles. The molecule has 0 saturated heterocycles. The number of hydrogen-bond donors (Lipinski definition) is 0. The lowest BCUT2D eigenvalue weighted by Crippen LogP contribution is -2.36. The Morgan fingerprint density at radius 3 is 2.62 bits per heavy atom. The average molecular weight is 370 g/mol. The van der Waals surface area contributed by atoms with Crippen LogP contribution in [-0.4, -0.2) is 37.1 Å². The van der Waals surface area contributed by atoms with Crippen LogP contribution in [0.3, 0.4) is 0 Å². The van der Waals surface area contributed by atoms with E-state index in [4.69, 9.17) is 9.47 Å². The first-order valence-corrected chi connectivity index (χ1v) is 8.91. The Bertz CT molecular complexity index is 924. The molecule has 6 nitrogen and oxygen atoms in total. The SMILES string of the molecule is CCOC(=O)CN(C(=O)c1ccc2sc(OC)nc2c1)c1ccccc1. The Balaban J connectivity index is 1.94.